The van der Waals surface area contributed by atoms with E-state index in [4.69, 9.17) is 16.3 Å². The predicted octanol–water partition coefficient (Wildman–Crippen LogP) is 1.76. The van der Waals surface area contributed by atoms with Crippen molar-refractivity contribution in [2.75, 3.05) is 33.3 Å². The minimum Gasteiger partial charge on any atom is -0.465 e. The largest absolute Gasteiger partial charge is 0.465 e. The van der Waals surface area contributed by atoms with Crippen molar-refractivity contribution in [3.63, 3.8) is 0 Å². The third-order valence-corrected chi connectivity index (χ3v) is 6.11. The molecular weight excluding hydrogens is 368 g/mol. The van der Waals surface area contributed by atoms with Crippen molar-refractivity contribution < 1.29 is 22.7 Å². The Morgan fingerprint density at radius 1 is 1.28 bits per heavy atom. The maximum absolute atomic E-state index is 12.6. The number of rotatable bonds is 6. The Morgan fingerprint density at radius 2 is 1.92 bits per heavy atom. The molecule has 1 fully saturated rings. The van der Waals surface area contributed by atoms with Gasteiger partial charge in [0.15, 0.2) is 0 Å². The van der Waals surface area contributed by atoms with Gasteiger partial charge in [-0.25, -0.2) is 8.42 Å². The van der Waals surface area contributed by atoms with Gasteiger partial charge < -0.3 is 9.64 Å². The van der Waals surface area contributed by atoms with Gasteiger partial charge in [0.1, 0.15) is 6.54 Å². The molecule has 1 aliphatic rings. The van der Waals surface area contributed by atoms with Crippen LogP contribution < -0.4 is 0 Å². The van der Waals surface area contributed by atoms with Crippen LogP contribution in [-0.2, 0) is 19.6 Å². The smallest absolute Gasteiger partial charge is 0.325 e. The number of hydrogen-bond acceptors (Lipinski definition) is 5. The summed E-state index contributed by atoms with van der Waals surface area (Å²) in [6.07, 6.45) is 1.64. The van der Waals surface area contributed by atoms with Crippen LogP contribution in [0.4, 0.5) is 0 Å². The average molecular weight is 389 g/mol. The second-order valence-electron chi connectivity index (χ2n) is 5.72. The Bertz CT molecular complexity index is 760. The molecule has 0 aromatic heterocycles. The molecule has 0 atom stereocenters. The second kappa shape index (κ2) is 8.16. The van der Waals surface area contributed by atoms with Crippen LogP contribution in [0.5, 0.6) is 0 Å². The number of esters is 1. The lowest BCUT2D eigenvalue weighted by atomic mass is 10.2. The highest BCUT2D eigenvalue weighted by molar-refractivity contribution is 7.89. The summed E-state index contributed by atoms with van der Waals surface area (Å²) in [5, 5.41) is 0.126. The zero-order valence-corrected chi connectivity index (χ0v) is 15.8. The first kappa shape index (κ1) is 19.7. The van der Waals surface area contributed by atoms with E-state index in [-0.39, 0.29) is 28.6 Å². The highest BCUT2D eigenvalue weighted by Crippen LogP contribution is 2.26. The number of carbonyl (C=O) groups excluding carboxylic acids is 2. The summed E-state index contributed by atoms with van der Waals surface area (Å²) >= 11 is 6.07. The molecule has 2 rings (SSSR count). The van der Waals surface area contributed by atoms with E-state index < -0.39 is 21.9 Å². The average Bonchev–Trinajstić information content (AvgIpc) is 3.09. The lowest BCUT2D eigenvalue weighted by Gasteiger charge is -2.19. The summed E-state index contributed by atoms with van der Waals surface area (Å²) < 4.78 is 31.5. The van der Waals surface area contributed by atoms with Crippen molar-refractivity contribution in [2.45, 2.75) is 24.7 Å². The van der Waals surface area contributed by atoms with E-state index in [1.807, 2.05) is 0 Å². The van der Waals surface area contributed by atoms with E-state index in [1.165, 1.54) is 29.6 Å². The molecule has 1 amide bonds. The number of benzene rings is 1. The zero-order chi connectivity index (χ0) is 18.6. The molecule has 1 saturated heterocycles. The molecule has 1 heterocycles. The van der Waals surface area contributed by atoms with E-state index in [0.29, 0.717) is 13.1 Å². The fourth-order valence-corrected chi connectivity index (χ4v) is 4.33. The summed E-state index contributed by atoms with van der Waals surface area (Å²) in [6.45, 7) is 2.58. The van der Waals surface area contributed by atoms with Crippen LogP contribution >= 0.6 is 11.6 Å². The summed E-state index contributed by atoms with van der Waals surface area (Å²) in [5.41, 5.74) is 0.0359. The number of amides is 1. The summed E-state index contributed by atoms with van der Waals surface area (Å²) in [4.78, 5) is 25.2. The summed E-state index contributed by atoms with van der Waals surface area (Å²) in [6, 6.07) is 4.04. The van der Waals surface area contributed by atoms with Gasteiger partial charge in [0.05, 0.1) is 22.1 Å². The maximum atomic E-state index is 12.6. The van der Waals surface area contributed by atoms with Crippen molar-refractivity contribution in [1.29, 1.82) is 0 Å². The summed E-state index contributed by atoms with van der Waals surface area (Å²) in [7, 11) is -2.23. The van der Waals surface area contributed by atoms with Crippen molar-refractivity contribution >= 4 is 33.5 Å². The highest BCUT2D eigenvalue weighted by Gasteiger charge is 2.29. The Hall–Kier alpha value is -1.64. The highest BCUT2D eigenvalue weighted by atomic mass is 35.5. The van der Waals surface area contributed by atoms with E-state index in [0.717, 1.165) is 17.7 Å². The van der Waals surface area contributed by atoms with Gasteiger partial charge in [0.25, 0.3) is 5.91 Å². The molecule has 1 aromatic carbocycles. The molecule has 0 N–H and O–H groups in total. The van der Waals surface area contributed by atoms with E-state index >= 15 is 0 Å². The molecule has 0 unspecified atom stereocenters. The molecule has 9 heteroatoms. The molecule has 7 nitrogen and oxygen atoms in total. The number of ether oxygens (including phenoxy) is 1. The van der Waals surface area contributed by atoms with Crippen LogP contribution in [-0.4, -0.2) is 62.8 Å². The minimum atomic E-state index is -3.66. The minimum absolute atomic E-state index is 0.0201. The lowest BCUT2D eigenvalue weighted by Crippen LogP contribution is -2.33. The molecule has 0 radical (unpaired) electrons. The SMILES string of the molecule is CCOC(=O)CN(C)C(=O)c1cc(S(=O)(=O)N2CCCC2)ccc1Cl. The van der Waals surface area contributed by atoms with Gasteiger partial charge in [0.2, 0.25) is 10.0 Å². The molecule has 0 bridgehead atoms. The normalized spacial score (nSPS) is 15.2. The van der Waals surface area contributed by atoms with Crippen molar-refractivity contribution in [2.24, 2.45) is 0 Å². The van der Waals surface area contributed by atoms with Crippen molar-refractivity contribution in [1.82, 2.24) is 9.21 Å². The molecule has 1 aliphatic heterocycles. The van der Waals surface area contributed by atoms with Crippen LogP contribution in [0.2, 0.25) is 5.02 Å². The standard InChI is InChI=1S/C16H21ClN2O5S/c1-3-24-15(20)11-18(2)16(21)13-10-12(6-7-14(13)17)25(22,23)19-8-4-5-9-19/h6-7,10H,3-5,8-9,11H2,1-2H3. The Labute approximate surface area is 152 Å². The Balaban J connectivity index is 2.26. The lowest BCUT2D eigenvalue weighted by molar-refractivity contribution is -0.143. The van der Waals surface area contributed by atoms with Gasteiger partial charge in [-0.1, -0.05) is 11.6 Å². The maximum Gasteiger partial charge on any atom is 0.325 e. The molecule has 1 aromatic rings. The van der Waals surface area contributed by atoms with Crippen LogP contribution in [0.15, 0.2) is 23.1 Å². The van der Waals surface area contributed by atoms with Gasteiger partial charge in [-0.15, -0.1) is 0 Å². The Kier molecular flexibility index (Phi) is 6.42. The third kappa shape index (κ3) is 4.50. The van der Waals surface area contributed by atoms with Crippen LogP contribution in [0.3, 0.4) is 0 Å². The molecule has 25 heavy (non-hydrogen) atoms. The molecular formula is C16H21ClN2O5S. The predicted molar refractivity (Wildman–Crippen MR) is 93.0 cm³/mol. The molecule has 0 spiro atoms. The molecule has 0 aliphatic carbocycles. The van der Waals surface area contributed by atoms with E-state index in [1.54, 1.807) is 6.92 Å². The third-order valence-electron chi connectivity index (χ3n) is 3.89. The Morgan fingerprint density at radius 3 is 2.52 bits per heavy atom. The molecule has 0 saturated carbocycles. The first-order valence-corrected chi connectivity index (χ1v) is 9.80. The van der Waals surface area contributed by atoms with E-state index in [9.17, 15) is 18.0 Å². The monoisotopic (exact) mass is 388 g/mol. The zero-order valence-electron chi connectivity index (χ0n) is 14.2. The number of sulfonamides is 1. The van der Waals surface area contributed by atoms with Crippen molar-refractivity contribution in [3.8, 4) is 0 Å². The van der Waals surface area contributed by atoms with Crippen LogP contribution in [0.25, 0.3) is 0 Å². The number of nitrogens with zero attached hydrogens (tertiary/aromatic N) is 2. The van der Waals surface area contributed by atoms with Crippen LogP contribution in [0, 0.1) is 0 Å². The fraction of sp³-hybridized carbons (Fsp3) is 0.500. The van der Waals surface area contributed by atoms with Gasteiger partial charge in [-0.2, -0.15) is 4.31 Å². The topological polar surface area (TPSA) is 84.0 Å². The van der Waals surface area contributed by atoms with E-state index in [2.05, 4.69) is 0 Å². The fourth-order valence-electron chi connectivity index (χ4n) is 2.58. The number of halogens is 1. The summed E-state index contributed by atoms with van der Waals surface area (Å²) in [5.74, 6) is -1.09. The van der Waals surface area contributed by atoms with Gasteiger partial charge in [-0.3, -0.25) is 9.59 Å². The van der Waals surface area contributed by atoms with Gasteiger partial charge in [0, 0.05) is 20.1 Å². The quantitative estimate of drug-likeness (QED) is 0.693. The van der Waals surface area contributed by atoms with Gasteiger partial charge >= 0.3 is 5.97 Å². The first-order valence-electron chi connectivity index (χ1n) is 7.98. The van der Waals surface area contributed by atoms with Gasteiger partial charge in [-0.05, 0) is 38.0 Å². The van der Waals surface area contributed by atoms with Crippen molar-refractivity contribution in [3.05, 3.63) is 28.8 Å². The van der Waals surface area contributed by atoms with Crippen LogP contribution in [0.1, 0.15) is 30.1 Å². The second-order valence-corrected chi connectivity index (χ2v) is 8.06. The number of hydrogen-bond donors (Lipinski definition) is 0. The number of likely N-dealkylation sites (N-methyl/N-ethyl adjacent to an activating group) is 1. The molecule has 138 valence electrons. The number of carbonyl (C=O) groups is 2. The first-order chi connectivity index (χ1) is 11.8.